The first kappa shape index (κ1) is 47.9. The van der Waals surface area contributed by atoms with Crippen LogP contribution in [0.5, 0.6) is 0 Å². The summed E-state index contributed by atoms with van der Waals surface area (Å²) in [7, 11) is 0. The summed E-state index contributed by atoms with van der Waals surface area (Å²) in [4.78, 5) is 72.1. The van der Waals surface area contributed by atoms with Crippen molar-refractivity contribution in [3.05, 3.63) is 97.1 Å². The van der Waals surface area contributed by atoms with E-state index in [0.29, 0.717) is 58.9 Å². The van der Waals surface area contributed by atoms with E-state index in [2.05, 4.69) is 40.5 Å². The molecule has 57 heavy (non-hydrogen) atoms. The molecule has 2 aromatic carbocycles. The number of amides is 2. The molecular formula is C37H43BN10NaO8. The molecule has 0 unspecified atom stereocenters. The van der Waals surface area contributed by atoms with Gasteiger partial charge in [-0.15, -0.1) is 0 Å². The maximum atomic E-state index is 12.4. The van der Waals surface area contributed by atoms with Crippen molar-refractivity contribution in [1.29, 1.82) is 0 Å². The Morgan fingerprint density at radius 2 is 1.21 bits per heavy atom. The second-order valence-corrected chi connectivity index (χ2v) is 11.5. The van der Waals surface area contributed by atoms with Gasteiger partial charge in [0, 0.05) is 19.5 Å². The molecule has 0 aliphatic heterocycles. The number of nitrogens with one attached hydrogen (secondary N) is 2. The fourth-order valence-corrected chi connectivity index (χ4v) is 5.08. The van der Waals surface area contributed by atoms with Crippen LogP contribution in [-0.4, -0.2) is 107 Å². The normalized spacial score (nSPS) is 12.6. The summed E-state index contributed by atoms with van der Waals surface area (Å²) in [6, 6.07) is 17.4. The van der Waals surface area contributed by atoms with Crippen LogP contribution >= 0.6 is 0 Å². The average molecular weight is 790 g/mol. The second-order valence-electron chi connectivity index (χ2n) is 11.5. The Labute approximate surface area is 353 Å². The topological polar surface area (TPSA) is 238 Å². The number of imidazole rings is 2. The fourth-order valence-electron chi connectivity index (χ4n) is 5.08. The van der Waals surface area contributed by atoms with Gasteiger partial charge in [0.1, 0.15) is 25.0 Å². The van der Waals surface area contributed by atoms with Crippen molar-refractivity contribution in [3.8, 4) is 0 Å². The molecule has 20 heteroatoms. The van der Waals surface area contributed by atoms with Gasteiger partial charge in [-0.3, -0.25) is 23.5 Å². The smallest absolute Gasteiger partial charge is 1.00 e. The van der Waals surface area contributed by atoms with E-state index in [1.165, 1.54) is 29.9 Å². The molecular weight excluding hydrogens is 746 g/mol. The quantitative estimate of drug-likeness (QED) is 0.0772. The Morgan fingerprint density at radius 3 is 1.63 bits per heavy atom. The molecule has 4 N–H and O–H groups in total. The minimum absolute atomic E-state index is 0. The maximum absolute atomic E-state index is 12.4. The number of aldehydes is 2. The van der Waals surface area contributed by atoms with Crippen LogP contribution in [0.2, 0.25) is 0 Å². The fraction of sp³-hybridized carbons (Fsp3) is 0.297. The summed E-state index contributed by atoms with van der Waals surface area (Å²) in [5.41, 5.74) is 2.34. The van der Waals surface area contributed by atoms with E-state index in [4.69, 9.17) is 9.47 Å². The van der Waals surface area contributed by atoms with E-state index in [1.54, 1.807) is 60.0 Å². The SMILES string of the molecule is C.CC[C@H](C=O)O[C@H](C=O)n1cnc2c(NC(=O)c3ccccc3)ncnc21.CC[C@H](CO)O[C@H](CO)n1cnc2c(NC(=O)c3ccccc3)ncnc21.[B].[H-].[Na+]. The Bertz CT molecular complexity index is 2180. The zero-order chi connectivity index (χ0) is 38.5. The molecule has 0 aliphatic carbocycles. The first-order chi connectivity index (χ1) is 26.3. The predicted octanol–water partition coefficient (Wildman–Crippen LogP) is 0.499. The molecule has 6 aromatic rings. The van der Waals surface area contributed by atoms with Gasteiger partial charge in [0.15, 0.2) is 52.7 Å². The number of benzene rings is 2. The number of aliphatic hydroxyl groups is 2. The van der Waals surface area contributed by atoms with E-state index >= 15 is 0 Å². The largest absolute Gasteiger partial charge is 1.00 e. The van der Waals surface area contributed by atoms with Gasteiger partial charge in [0.25, 0.3) is 11.8 Å². The van der Waals surface area contributed by atoms with Gasteiger partial charge in [-0.05, 0) is 37.1 Å². The first-order valence-corrected chi connectivity index (χ1v) is 16.9. The summed E-state index contributed by atoms with van der Waals surface area (Å²) in [6.07, 6.45) is 4.59. The minimum Gasteiger partial charge on any atom is -1.00 e. The number of hydrogen-bond donors (Lipinski definition) is 4. The van der Waals surface area contributed by atoms with Crippen LogP contribution in [0.3, 0.4) is 0 Å². The number of rotatable bonds is 16. The molecule has 3 radical (unpaired) electrons. The van der Waals surface area contributed by atoms with Crippen molar-refractivity contribution in [2.75, 3.05) is 23.8 Å². The molecule has 0 spiro atoms. The van der Waals surface area contributed by atoms with Crippen LogP contribution < -0.4 is 40.2 Å². The van der Waals surface area contributed by atoms with Crippen molar-refractivity contribution < 1.29 is 69.8 Å². The number of aliphatic hydroxyl groups excluding tert-OH is 2. The van der Waals surface area contributed by atoms with Gasteiger partial charge >= 0.3 is 29.6 Å². The number of carbonyl (C=O) groups is 4. The van der Waals surface area contributed by atoms with Gasteiger partial charge in [-0.1, -0.05) is 57.7 Å². The predicted molar refractivity (Wildman–Crippen MR) is 208 cm³/mol. The zero-order valence-corrected chi connectivity index (χ0v) is 32.9. The van der Waals surface area contributed by atoms with Crippen LogP contribution in [0.25, 0.3) is 22.3 Å². The van der Waals surface area contributed by atoms with Crippen molar-refractivity contribution in [1.82, 2.24) is 39.0 Å². The monoisotopic (exact) mass is 789 g/mol. The number of carbonyl (C=O) groups excluding carboxylic acids is 4. The van der Waals surface area contributed by atoms with Crippen LogP contribution in [0, 0.1) is 0 Å². The molecule has 0 bridgehead atoms. The summed E-state index contributed by atoms with van der Waals surface area (Å²) >= 11 is 0. The van der Waals surface area contributed by atoms with E-state index in [9.17, 15) is 29.4 Å². The number of fused-ring (bicyclic) bond motifs is 2. The standard InChI is InChI=1S/C18H21N5O4.C18H17N5O4.CH4.B.Na.H/c2*1-2-13(8-24)27-14(9-25)23-11-21-15-16(19-10-20-17(15)23)22-18(26)12-6-4-3-5-7-12;;;;/h3-7,10-11,13-14,24-25H,2,8-9H2,1H3,(H,19,20,22,26);3-11,13-14H,2H2,1H3,(H,19,20,22,26);1H4;;;/q;;;;+1;-1/t2*13-,14-;;;;/m11..../s1. The number of aromatic nitrogens is 8. The molecule has 0 aliphatic rings. The third-order valence-electron chi connectivity index (χ3n) is 7.99. The molecule has 4 aromatic heterocycles. The molecule has 0 fully saturated rings. The molecule has 2 amide bonds. The van der Waals surface area contributed by atoms with Crippen molar-refractivity contribution in [2.24, 2.45) is 0 Å². The number of anilines is 2. The zero-order valence-electron chi connectivity index (χ0n) is 31.9. The van der Waals surface area contributed by atoms with Crippen LogP contribution in [0.15, 0.2) is 86.0 Å². The van der Waals surface area contributed by atoms with Crippen LogP contribution in [-0.2, 0) is 19.1 Å². The summed E-state index contributed by atoms with van der Waals surface area (Å²) in [5, 5.41) is 24.4. The van der Waals surface area contributed by atoms with E-state index < -0.39 is 24.7 Å². The van der Waals surface area contributed by atoms with Crippen LogP contribution in [0.4, 0.5) is 11.6 Å². The van der Waals surface area contributed by atoms with Crippen molar-refractivity contribution >= 4 is 66.8 Å². The third-order valence-corrected chi connectivity index (χ3v) is 7.99. The molecule has 0 saturated carbocycles. The summed E-state index contributed by atoms with van der Waals surface area (Å²) < 4.78 is 14.1. The Hall–Kier alpha value is -5.28. The van der Waals surface area contributed by atoms with Gasteiger partial charge < -0.3 is 36.5 Å². The van der Waals surface area contributed by atoms with Crippen molar-refractivity contribution in [3.63, 3.8) is 0 Å². The number of ether oxygens (including phenoxy) is 2. The van der Waals surface area contributed by atoms with Gasteiger partial charge in [0.05, 0.1) is 32.0 Å². The van der Waals surface area contributed by atoms with E-state index in [0.717, 1.165) is 0 Å². The molecule has 6 rings (SSSR count). The first-order valence-electron chi connectivity index (χ1n) is 16.9. The van der Waals surface area contributed by atoms with Gasteiger partial charge in [-0.25, -0.2) is 29.9 Å². The van der Waals surface area contributed by atoms with Crippen LogP contribution in [0.1, 0.15) is 68.7 Å². The molecule has 0 saturated heterocycles. The summed E-state index contributed by atoms with van der Waals surface area (Å²) in [6.45, 7) is 3.16. The third kappa shape index (κ3) is 11.9. The Kier molecular flexibility index (Phi) is 19.9. The number of hydrogen-bond acceptors (Lipinski definition) is 14. The van der Waals surface area contributed by atoms with E-state index in [1.807, 2.05) is 19.1 Å². The molecule has 18 nitrogen and oxygen atoms in total. The van der Waals surface area contributed by atoms with Gasteiger partial charge in [-0.2, -0.15) is 0 Å². The molecule has 4 atom stereocenters. The van der Waals surface area contributed by atoms with Crippen molar-refractivity contribution in [2.45, 2.75) is 58.8 Å². The Morgan fingerprint density at radius 1 is 0.719 bits per heavy atom. The van der Waals surface area contributed by atoms with Gasteiger partial charge in [0.2, 0.25) is 0 Å². The second kappa shape index (κ2) is 23.7. The maximum Gasteiger partial charge on any atom is 1.00 e. The van der Waals surface area contributed by atoms with E-state index in [-0.39, 0.29) is 83.5 Å². The minimum atomic E-state index is -1.07. The molecule has 4 heterocycles. The average Bonchev–Trinajstić information content (AvgIpc) is 3.86. The Balaban J connectivity index is 0.000000543. The number of nitrogens with zero attached hydrogens (tertiary/aromatic N) is 8. The summed E-state index contributed by atoms with van der Waals surface area (Å²) in [5.74, 6) is -0.190. The molecule has 293 valence electrons.